The minimum absolute atomic E-state index is 0.0363. The summed E-state index contributed by atoms with van der Waals surface area (Å²) in [6.07, 6.45) is -0.394. The molecule has 0 aliphatic carbocycles. The molecule has 4 aromatic rings. The Morgan fingerprint density at radius 3 is 2.66 bits per heavy atom. The topological polar surface area (TPSA) is 72.2 Å². The quantitative estimate of drug-likeness (QED) is 0.390. The van der Waals surface area contributed by atoms with Crippen LogP contribution in [0.3, 0.4) is 0 Å². The Hall–Kier alpha value is -3.24. The van der Waals surface area contributed by atoms with Crippen LogP contribution in [0.2, 0.25) is 5.02 Å². The Kier molecular flexibility index (Phi) is 5.98. The van der Waals surface area contributed by atoms with Crippen molar-refractivity contribution in [2.24, 2.45) is 0 Å². The fourth-order valence-electron chi connectivity index (χ4n) is 3.00. The third-order valence-electron chi connectivity index (χ3n) is 4.49. The minimum Gasteiger partial charge on any atom is -0.344 e. The summed E-state index contributed by atoms with van der Waals surface area (Å²) in [5, 5.41) is 5.76. The first kappa shape index (κ1) is 22.0. The molecule has 0 spiro atoms. The molecular weight excluding hydrogens is 463 g/mol. The average Bonchev–Trinajstić information content (AvgIpc) is 3.32. The highest BCUT2D eigenvalue weighted by Crippen LogP contribution is 2.36. The second kappa shape index (κ2) is 8.71. The molecule has 3 heterocycles. The van der Waals surface area contributed by atoms with Crippen LogP contribution in [0.4, 0.5) is 13.2 Å². The van der Waals surface area contributed by atoms with Crippen molar-refractivity contribution in [1.82, 2.24) is 24.9 Å². The number of halogens is 4. The molecular formula is C21H15ClF3N5OS. The summed E-state index contributed by atoms with van der Waals surface area (Å²) in [6.45, 7) is 1.77. The minimum atomic E-state index is -4.60. The second-order valence-electron chi connectivity index (χ2n) is 6.74. The van der Waals surface area contributed by atoms with Gasteiger partial charge in [-0.3, -0.25) is 9.78 Å². The van der Waals surface area contributed by atoms with Gasteiger partial charge >= 0.3 is 6.18 Å². The zero-order valence-corrected chi connectivity index (χ0v) is 18.0. The molecule has 1 atom stereocenters. The van der Waals surface area contributed by atoms with Crippen LogP contribution in [0.1, 0.15) is 29.4 Å². The van der Waals surface area contributed by atoms with E-state index in [1.54, 1.807) is 55.6 Å². The highest BCUT2D eigenvalue weighted by molar-refractivity contribution is 7.16. The summed E-state index contributed by atoms with van der Waals surface area (Å²) in [7, 11) is 0. The van der Waals surface area contributed by atoms with Crippen molar-refractivity contribution in [3.8, 4) is 11.3 Å². The van der Waals surface area contributed by atoms with Gasteiger partial charge in [0.25, 0.3) is 0 Å². The number of hydrogen-bond donors (Lipinski definition) is 1. The van der Waals surface area contributed by atoms with Crippen molar-refractivity contribution in [2.45, 2.75) is 19.1 Å². The standard InChI is InChI=1S/C21H15ClF3N5OS/c1-12(15-8-4-5-11-26-15)27-17(31)10-9-16-18(13-6-2-3-7-14(13)22)28-20-30(16)29-19(32-20)21(23,24)25/h2-12H,1H3,(H,27,31). The number of nitrogens with one attached hydrogen (secondary N) is 1. The Labute approximate surface area is 189 Å². The number of benzene rings is 1. The van der Waals surface area contributed by atoms with E-state index in [9.17, 15) is 18.0 Å². The summed E-state index contributed by atoms with van der Waals surface area (Å²) in [5.74, 6) is -0.450. The molecule has 0 fully saturated rings. The second-order valence-corrected chi connectivity index (χ2v) is 8.11. The van der Waals surface area contributed by atoms with Gasteiger partial charge in [0.05, 0.1) is 22.5 Å². The average molecular weight is 478 g/mol. The highest BCUT2D eigenvalue weighted by atomic mass is 35.5. The molecule has 0 aliphatic heterocycles. The smallest absolute Gasteiger partial charge is 0.344 e. The number of fused-ring (bicyclic) bond motifs is 1. The zero-order valence-electron chi connectivity index (χ0n) is 16.5. The lowest BCUT2D eigenvalue weighted by atomic mass is 10.1. The van der Waals surface area contributed by atoms with Gasteiger partial charge in [-0.25, -0.2) is 9.50 Å². The van der Waals surface area contributed by atoms with Crippen molar-refractivity contribution in [3.05, 3.63) is 76.2 Å². The predicted octanol–water partition coefficient (Wildman–Crippen LogP) is 5.42. The van der Waals surface area contributed by atoms with Gasteiger partial charge in [0.2, 0.25) is 15.9 Å². The zero-order chi connectivity index (χ0) is 22.9. The summed E-state index contributed by atoms with van der Waals surface area (Å²) in [5.41, 5.74) is 1.72. The predicted molar refractivity (Wildman–Crippen MR) is 116 cm³/mol. The largest absolute Gasteiger partial charge is 0.445 e. The molecule has 0 radical (unpaired) electrons. The Bertz CT molecular complexity index is 1300. The lowest BCUT2D eigenvalue weighted by Crippen LogP contribution is -2.25. The van der Waals surface area contributed by atoms with Gasteiger partial charge in [-0.15, -0.1) is 5.10 Å². The maximum absolute atomic E-state index is 13.1. The van der Waals surface area contributed by atoms with Crippen LogP contribution in [0, 0.1) is 0 Å². The van der Waals surface area contributed by atoms with Gasteiger partial charge in [0.1, 0.15) is 5.69 Å². The Balaban J connectivity index is 1.70. The highest BCUT2D eigenvalue weighted by Gasteiger charge is 2.36. The molecule has 4 rings (SSSR count). The first-order valence-electron chi connectivity index (χ1n) is 9.35. The molecule has 32 heavy (non-hydrogen) atoms. The van der Waals surface area contributed by atoms with Gasteiger partial charge < -0.3 is 5.32 Å². The van der Waals surface area contributed by atoms with Crippen LogP contribution in [0.15, 0.2) is 54.7 Å². The summed E-state index contributed by atoms with van der Waals surface area (Å²) < 4.78 is 40.5. The van der Waals surface area contributed by atoms with E-state index >= 15 is 0 Å². The van der Waals surface area contributed by atoms with Crippen LogP contribution in [-0.4, -0.2) is 25.5 Å². The fraction of sp³-hybridized carbons (Fsp3) is 0.143. The SMILES string of the molecule is CC(NC(=O)C=Cc1c(-c2ccccc2Cl)nc2sc(C(F)(F)F)nn12)c1ccccn1. The van der Waals surface area contributed by atoms with Gasteiger partial charge in [0, 0.05) is 17.8 Å². The number of hydrogen-bond acceptors (Lipinski definition) is 5. The van der Waals surface area contributed by atoms with E-state index in [1.165, 1.54) is 12.2 Å². The lowest BCUT2D eigenvalue weighted by Gasteiger charge is -2.11. The van der Waals surface area contributed by atoms with Gasteiger partial charge in [-0.2, -0.15) is 13.2 Å². The number of carbonyl (C=O) groups excluding carboxylic acids is 1. The van der Waals surface area contributed by atoms with Gasteiger partial charge in [0.15, 0.2) is 0 Å². The van der Waals surface area contributed by atoms with Crippen LogP contribution < -0.4 is 5.32 Å². The number of amides is 1. The fourth-order valence-corrected chi connectivity index (χ4v) is 4.00. The summed E-state index contributed by atoms with van der Waals surface area (Å²) in [4.78, 5) is 21.0. The van der Waals surface area contributed by atoms with Crippen molar-refractivity contribution >= 4 is 39.9 Å². The molecule has 1 amide bonds. The molecule has 0 bridgehead atoms. The Morgan fingerprint density at radius 2 is 1.97 bits per heavy atom. The van der Waals surface area contributed by atoms with Crippen LogP contribution in [0.25, 0.3) is 22.3 Å². The molecule has 3 aromatic heterocycles. The number of pyridine rings is 1. The molecule has 1 N–H and O–H groups in total. The van der Waals surface area contributed by atoms with Gasteiger partial charge in [-0.05, 0) is 31.2 Å². The van der Waals surface area contributed by atoms with Gasteiger partial charge in [-0.1, -0.05) is 47.2 Å². The number of rotatable bonds is 5. The van der Waals surface area contributed by atoms with Crippen molar-refractivity contribution in [1.29, 1.82) is 0 Å². The molecule has 6 nitrogen and oxygen atoms in total. The van der Waals surface area contributed by atoms with Crippen LogP contribution in [0.5, 0.6) is 0 Å². The van der Waals surface area contributed by atoms with Crippen molar-refractivity contribution in [2.75, 3.05) is 0 Å². The number of carbonyl (C=O) groups is 1. The third-order valence-corrected chi connectivity index (χ3v) is 5.78. The van der Waals surface area contributed by atoms with E-state index in [0.717, 1.165) is 4.52 Å². The number of nitrogens with zero attached hydrogens (tertiary/aromatic N) is 4. The maximum Gasteiger partial charge on any atom is 0.445 e. The van der Waals surface area contributed by atoms with Crippen LogP contribution in [-0.2, 0) is 11.0 Å². The van der Waals surface area contributed by atoms with E-state index in [1.807, 2.05) is 0 Å². The Morgan fingerprint density at radius 1 is 1.22 bits per heavy atom. The number of imidazole rings is 1. The first-order valence-corrected chi connectivity index (χ1v) is 10.5. The molecule has 1 unspecified atom stereocenters. The van der Waals surface area contributed by atoms with E-state index in [0.29, 0.717) is 33.3 Å². The summed E-state index contributed by atoms with van der Waals surface area (Å²) in [6, 6.07) is 11.8. The third kappa shape index (κ3) is 4.51. The molecule has 0 saturated heterocycles. The molecule has 0 aliphatic rings. The van der Waals surface area contributed by atoms with Crippen molar-refractivity contribution < 1.29 is 18.0 Å². The molecule has 11 heteroatoms. The first-order chi connectivity index (χ1) is 15.2. The number of aromatic nitrogens is 4. The van der Waals surface area contributed by atoms with Crippen molar-refractivity contribution in [3.63, 3.8) is 0 Å². The van der Waals surface area contributed by atoms with E-state index in [4.69, 9.17) is 11.6 Å². The summed E-state index contributed by atoms with van der Waals surface area (Å²) >= 11 is 6.68. The van der Waals surface area contributed by atoms with Crippen LogP contribution >= 0.6 is 22.9 Å². The monoisotopic (exact) mass is 477 g/mol. The van der Waals surface area contributed by atoms with E-state index in [-0.39, 0.29) is 16.7 Å². The molecule has 164 valence electrons. The maximum atomic E-state index is 13.1. The lowest BCUT2D eigenvalue weighted by molar-refractivity contribution is -0.138. The normalized spacial score (nSPS) is 13.0. The number of alkyl halides is 3. The molecule has 1 aromatic carbocycles. The molecule has 0 saturated carbocycles. The van der Waals surface area contributed by atoms with E-state index < -0.39 is 17.1 Å². The van der Waals surface area contributed by atoms with E-state index in [2.05, 4.69) is 20.4 Å².